The van der Waals surface area contributed by atoms with E-state index in [1.54, 1.807) is 6.08 Å². The number of hydrogen-bond acceptors (Lipinski definition) is 4. The molecule has 0 aromatic rings. The van der Waals surface area contributed by atoms with Gasteiger partial charge in [-0.25, -0.2) is 0 Å². The molecule has 4 nitrogen and oxygen atoms in total. The minimum atomic E-state index is -0.189. The lowest BCUT2D eigenvalue weighted by molar-refractivity contribution is -0.140. The molecule has 1 heterocycles. The first kappa shape index (κ1) is 10.9. The molecule has 1 rings (SSSR count). The number of ether oxygens (including phenoxy) is 2. The lowest BCUT2D eigenvalue weighted by atomic mass is 10.1. The van der Waals surface area contributed by atoms with Crippen molar-refractivity contribution in [3.63, 3.8) is 0 Å². The molecular formula is C10H14O4. The van der Waals surface area contributed by atoms with E-state index >= 15 is 0 Å². The van der Waals surface area contributed by atoms with Gasteiger partial charge in [0.1, 0.15) is 12.4 Å². The van der Waals surface area contributed by atoms with Crippen LogP contribution in [0.3, 0.4) is 0 Å². The van der Waals surface area contributed by atoms with Gasteiger partial charge >= 0.3 is 5.97 Å². The molecule has 0 saturated carbocycles. The quantitative estimate of drug-likeness (QED) is 0.275. The van der Waals surface area contributed by atoms with Crippen molar-refractivity contribution in [3.8, 4) is 0 Å². The van der Waals surface area contributed by atoms with Crippen molar-refractivity contribution in [3.05, 3.63) is 12.2 Å². The van der Waals surface area contributed by atoms with Crippen molar-refractivity contribution >= 4 is 12.3 Å². The van der Waals surface area contributed by atoms with Gasteiger partial charge in [-0.05, 0) is 18.9 Å². The van der Waals surface area contributed by atoms with Crippen LogP contribution in [0.25, 0.3) is 0 Å². The van der Waals surface area contributed by atoms with Crippen molar-refractivity contribution in [1.29, 1.82) is 0 Å². The molecule has 1 aliphatic heterocycles. The van der Waals surface area contributed by atoms with Crippen LogP contribution in [0.5, 0.6) is 0 Å². The number of esters is 1. The molecule has 0 unspecified atom stereocenters. The summed E-state index contributed by atoms with van der Waals surface area (Å²) >= 11 is 0. The van der Waals surface area contributed by atoms with Gasteiger partial charge in [0.05, 0.1) is 13.2 Å². The summed E-state index contributed by atoms with van der Waals surface area (Å²) in [5, 5.41) is 0. The first-order valence-electron chi connectivity index (χ1n) is 4.62. The van der Waals surface area contributed by atoms with Crippen LogP contribution in [0.4, 0.5) is 0 Å². The Hall–Kier alpha value is -1.16. The second kappa shape index (κ2) is 5.54. The SMILES string of the molecule is COC(=O)CCC[C@@H]1O[C@H]1/C=C/C=O. The third-order valence-electron chi connectivity index (χ3n) is 2.10. The van der Waals surface area contributed by atoms with E-state index < -0.39 is 0 Å². The monoisotopic (exact) mass is 198 g/mol. The Kier molecular flexibility index (Phi) is 4.32. The van der Waals surface area contributed by atoms with E-state index in [-0.39, 0.29) is 18.2 Å². The molecule has 0 radical (unpaired) electrons. The molecule has 0 bridgehead atoms. The fraction of sp³-hybridized carbons (Fsp3) is 0.600. The Labute approximate surface area is 82.9 Å². The molecule has 0 amide bonds. The fourth-order valence-corrected chi connectivity index (χ4v) is 1.26. The van der Waals surface area contributed by atoms with Crippen LogP contribution >= 0.6 is 0 Å². The zero-order valence-electron chi connectivity index (χ0n) is 8.14. The maximum Gasteiger partial charge on any atom is 0.305 e. The van der Waals surface area contributed by atoms with Crippen LogP contribution in [0.2, 0.25) is 0 Å². The Morgan fingerprint density at radius 2 is 2.36 bits per heavy atom. The van der Waals surface area contributed by atoms with Crippen LogP contribution < -0.4 is 0 Å². The van der Waals surface area contributed by atoms with Gasteiger partial charge in [-0.1, -0.05) is 6.08 Å². The Bertz CT molecular complexity index is 234. The van der Waals surface area contributed by atoms with Crippen molar-refractivity contribution in [2.75, 3.05) is 7.11 Å². The average molecular weight is 198 g/mol. The van der Waals surface area contributed by atoms with Gasteiger partial charge in [0.25, 0.3) is 0 Å². The van der Waals surface area contributed by atoms with Gasteiger partial charge in [0.2, 0.25) is 0 Å². The van der Waals surface area contributed by atoms with E-state index in [4.69, 9.17) is 4.74 Å². The summed E-state index contributed by atoms with van der Waals surface area (Å²) in [6, 6.07) is 0. The average Bonchev–Trinajstić information content (AvgIpc) is 2.93. The first-order valence-corrected chi connectivity index (χ1v) is 4.62. The maximum atomic E-state index is 10.7. The minimum Gasteiger partial charge on any atom is -0.469 e. The molecule has 78 valence electrons. The van der Waals surface area contributed by atoms with Crippen molar-refractivity contribution < 1.29 is 19.1 Å². The van der Waals surface area contributed by atoms with E-state index in [9.17, 15) is 9.59 Å². The highest BCUT2D eigenvalue weighted by atomic mass is 16.6. The summed E-state index contributed by atoms with van der Waals surface area (Å²) in [5.74, 6) is -0.189. The van der Waals surface area contributed by atoms with Gasteiger partial charge in [-0.3, -0.25) is 9.59 Å². The molecule has 2 atom stereocenters. The summed E-state index contributed by atoms with van der Waals surface area (Å²) in [7, 11) is 1.38. The van der Waals surface area contributed by atoms with Crippen LogP contribution in [-0.2, 0) is 19.1 Å². The molecule has 1 saturated heterocycles. The van der Waals surface area contributed by atoms with Crippen LogP contribution in [0.15, 0.2) is 12.2 Å². The van der Waals surface area contributed by atoms with Crippen molar-refractivity contribution in [2.45, 2.75) is 31.5 Å². The highest BCUT2D eigenvalue weighted by molar-refractivity contribution is 5.69. The number of epoxide rings is 1. The number of rotatable bonds is 6. The molecule has 0 aromatic carbocycles. The molecule has 0 N–H and O–H groups in total. The maximum absolute atomic E-state index is 10.7. The van der Waals surface area contributed by atoms with Crippen LogP contribution in [0.1, 0.15) is 19.3 Å². The fourth-order valence-electron chi connectivity index (χ4n) is 1.26. The van der Waals surface area contributed by atoms with Gasteiger partial charge in [0.15, 0.2) is 0 Å². The van der Waals surface area contributed by atoms with Gasteiger partial charge < -0.3 is 9.47 Å². The number of carbonyl (C=O) groups is 2. The predicted molar refractivity (Wildman–Crippen MR) is 49.7 cm³/mol. The molecule has 1 aliphatic rings. The van der Waals surface area contributed by atoms with Crippen molar-refractivity contribution in [1.82, 2.24) is 0 Å². The summed E-state index contributed by atoms with van der Waals surface area (Å²) in [5.41, 5.74) is 0. The third kappa shape index (κ3) is 3.70. The van der Waals surface area contributed by atoms with E-state index in [0.717, 1.165) is 19.1 Å². The molecule has 0 spiro atoms. The highest BCUT2D eigenvalue weighted by Gasteiger charge is 2.35. The third-order valence-corrected chi connectivity index (χ3v) is 2.10. The van der Waals surface area contributed by atoms with E-state index in [1.165, 1.54) is 13.2 Å². The lowest BCUT2D eigenvalue weighted by Crippen LogP contribution is -2.01. The van der Waals surface area contributed by atoms with Gasteiger partial charge in [-0.2, -0.15) is 0 Å². The summed E-state index contributed by atoms with van der Waals surface area (Å²) < 4.78 is 9.74. The summed E-state index contributed by atoms with van der Waals surface area (Å²) in [6.07, 6.45) is 6.17. The Morgan fingerprint density at radius 1 is 1.57 bits per heavy atom. The Balaban J connectivity index is 2.03. The number of carbonyl (C=O) groups excluding carboxylic acids is 2. The zero-order chi connectivity index (χ0) is 10.4. The molecule has 4 heteroatoms. The largest absolute Gasteiger partial charge is 0.469 e. The van der Waals surface area contributed by atoms with Crippen LogP contribution in [-0.4, -0.2) is 31.6 Å². The number of methoxy groups -OCH3 is 1. The summed E-state index contributed by atoms with van der Waals surface area (Å²) in [4.78, 5) is 20.7. The highest BCUT2D eigenvalue weighted by Crippen LogP contribution is 2.27. The minimum absolute atomic E-state index is 0.0675. The van der Waals surface area contributed by atoms with E-state index in [0.29, 0.717) is 6.42 Å². The molecule has 1 fully saturated rings. The molecule has 0 aromatic heterocycles. The second-order valence-electron chi connectivity index (χ2n) is 3.13. The number of allylic oxidation sites excluding steroid dienone is 1. The molecule has 0 aliphatic carbocycles. The lowest BCUT2D eigenvalue weighted by Gasteiger charge is -1.96. The van der Waals surface area contributed by atoms with E-state index in [1.807, 2.05) is 0 Å². The van der Waals surface area contributed by atoms with Gasteiger partial charge in [0, 0.05) is 6.42 Å². The molecular weight excluding hydrogens is 184 g/mol. The zero-order valence-corrected chi connectivity index (χ0v) is 8.14. The topological polar surface area (TPSA) is 55.9 Å². The van der Waals surface area contributed by atoms with Gasteiger partial charge in [-0.15, -0.1) is 0 Å². The van der Waals surface area contributed by atoms with E-state index in [2.05, 4.69) is 4.74 Å². The second-order valence-corrected chi connectivity index (χ2v) is 3.13. The standard InChI is InChI=1S/C10H14O4/c1-13-10(12)6-2-4-8-9(14-8)5-3-7-11/h3,5,7-9H,2,4,6H2,1H3/b5-3+/t8-,9-/m0/s1. The first-order chi connectivity index (χ1) is 6.77. The molecule has 14 heavy (non-hydrogen) atoms. The predicted octanol–water partition coefficient (Wildman–Crippen LogP) is 0.852. The van der Waals surface area contributed by atoms with Crippen LogP contribution in [0, 0.1) is 0 Å². The normalized spacial score (nSPS) is 24.9. The number of hydrogen-bond donors (Lipinski definition) is 0. The summed E-state index contributed by atoms with van der Waals surface area (Å²) in [6.45, 7) is 0. The van der Waals surface area contributed by atoms with Crippen molar-refractivity contribution in [2.24, 2.45) is 0 Å². The smallest absolute Gasteiger partial charge is 0.305 e. The number of aldehydes is 1. The Morgan fingerprint density at radius 3 is 3.00 bits per heavy atom.